The normalized spacial score (nSPS) is 16.1. The monoisotopic (exact) mass is 275 g/mol. The summed E-state index contributed by atoms with van der Waals surface area (Å²) in [5, 5.41) is 0. The van der Waals surface area contributed by atoms with Crippen molar-refractivity contribution < 1.29 is 14.3 Å². The van der Waals surface area contributed by atoms with Gasteiger partial charge in [0.25, 0.3) is 5.91 Å². The van der Waals surface area contributed by atoms with Gasteiger partial charge >= 0.3 is 5.97 Å². The lowest BCUT2D eigenvalue weighted by molar-refractivity contribution is -0.146. The standard InChI is InChI=1S/C16H21NO3/c1-11-4-5-14(12(2)10-11)15(18)17-8-6-13(7-9-17)16(19)20-3/h4-5,10,13H,6-9H2,1-3H3. The number of hydrogen-bond donors (Lipinski definition) is 0. The van der Waals surface area contributed by atoms with Gasteiger partial charge in [0.2, 0.25) is 0 Å². The van der Waals surface area contributed by atoms with E-state index in [9.17, 15) is 9.59 Å². The molecule has 4 heteroatoms. The van der Waals surface area contributed by atoms with Gasteiger partial charge in [0.05, 0.1) is 13.0 Å². The Bertz CT molecular complexity index is 516. The van der Waals surface area contributed by atoms with Crippen molar-refractivity contribution in [1.82, 2.24) is 4.90 Å². The first-order chi connectivity index (χ1) is 9.52. The number of likely N-dealkylation sites (tertiary alicyclic amines) is 1. The van der Waals surface area contributed by atoms with Crippen LogP contribution in [0.25, 0.3) is 0 Å². The van der Waals surface area contributed by atoms with Crippen molar-refractivity contribution >= 4 is 11.9 Å². The second-order valence-electron chi connectivity index (χ2n) is 5.41. The van der Waals surface area contributed by atoms with Gasteiger partial charge < -0.3 is 9.64 Å². The summed E-state index contributed by atoms with van der Waals surface area (Å²) in [4.78, 5) is 25.8. The van der Waals surface area contributed by atoms with Gasteiger partial charge in [-0.15, -0.1) is 0 Å². The van der Waals surface area contributed by atoms with Crippen molar-refractivity contribution in [3.63, 3.8) is 0 Å². The molecule has 0 saturated carbocycles. The Labute approximate surface area is 119 Å². The third kappa shape index (κ3) is 3.00. The highest BCUT2D eigenvalue weighted by Crippen LogP contribution is 2.21. The van der Waals surface area contributed by atoms with E-state index < -0.39 is 0 Å². The summed E-state index contributed by atoms with van der Waals surface area (Å²) in [6.07, 6.45) is 1.37. The van der Waals surface area contributed by atoms with Crippen LogP contribution in [0.1, 0.15) is 34.3 Å². The molecule has 4 nitrogen and oxygen atoms in total. The zero-order chi connectivity index (χ0) is 14.7. The highest BCUT2D eigenvalue weighted by Gasteiger charge is 2.28. The molecular formula is C16H21NO3. The van der Waals surface area contributed by atoms with E-state index in [0.29, 0.717) is 25.9 Å². The Hall–Kier alpha value is -1.84. The fourth-order valence-electron chi connectivity index (χ4n) is 2.71. The van der Waals surface area contributed by atoms with E-state index in [0.717, 1.165) is 16.7 Å². The molecule has 2 rings (SSSR count). The minimum absolute atomic E-state index is 0.0609. The summed E-state index contributed by atoms with van der Waals surface area (Å²) in [5.41, 5.74) is 2.92. The van der Waals surface area contributed by atoms with E-state index >= 15 is 0 Å². The van der Waals surface area contributed by atoms with Crippen molar-refractivity contribution in [2.45, 2.75) is 26.7 Å². The van der Waals surface area contributed by atoms with Crippen molar-refractivity contribution in [2.24, 2.45) is 5.92 Å². The number of piperidine rings is 1. The summed E-state index contributed by atoms with van der Waals surface area (Å²) in [6.45, 7) is 5.21. The highest BCUT2D eigenvalue weighted by atomic mass is 16.5. The molecule has 1 saturated heterocycles. The quantitative estimate of drug-likeness (QED) is 0.778. The molecule has 0 radical (unpaired) electrons. The van der Waals surface area contributed by atoms with E-state index in [-0.39, 0.29) is 17.8 Å². The molecule has 1 heterocycles. The molecular weight excluding hydrogens is 254 g/mol. The third-order valence-corrected chi connectivity index (χ3v) is 3.93. The third-order valence-electron chi connectivity index (χ3n) is 3.93. The maximum absolute atomic E-state index is 12.5. The lowest BCUT2D eigenvalue weighted by atomic mass is 9.96. The molecule has 1 aliphatic rings. The fourth-order valence-corrected chi connectivity index (χ4v) is 2.71. The van der Waals surface area contributed by atoms with Crippen LogP contribution in [-0.4, -0.2) is 37.0 Å². The van der Waals surface area contributed by atoms with E-state index in [1.54, 1.807) is 0 Å². The Balaban J connectivity index is 2.03. The van der Waals surface area contributed by atoms with E-state index in [1.165, 1.54) is 7.11 Å². The molecule has 108 valence electrons. The Morgan fingerprint density at radius 2 is 1.85 bits per heavy atom. The molecule has 1 aromatic carbocycles. The SMILES string of the molecule is COC(=O)C1CCN(C(=O)c2ccc(C)cc2C)CC1. The van der Waals surface area contributed by atoms with Crippen molar-refractivity contribution in [3.8, 4) is 0 Å². The van der Waals surface area contributed by atoms with Crippen molar-refractivity contribution in [3.05, 3.63) is 34.9 Å². The van der Waals surface area contributed by atoms with Gasteiger partial charge in [-0.25, -0.2) is 0 Å². The number of nitrogens with zero attached hydrogens (tertiary/aromatic N) is 1. The second kappa shape index (κ2) is 6.07. The zero-order valence-electron chi connectivity index (χ0n) is 12.3. The number of methoxy groups -OCH3 is 1. The molecule has 0 spiro atoms. The Morgan fingerprint density at radius 3 is 2.40 bits per heavy atom. The molecule has 1 aliphatic heterocycles. The zero-order valence-corrected chi connectivity index (χ0v) is 12.3. The molecule has 0 aromatic heterocycles. The maximum atomic E-state index is 12.5. The number of benzene rings is 1. The Morgan fingerprint density at radius 1 is 1.20 bits per heavy atom. The Kier molecular flexibility index (Phi) is 4.42. The first-order valence-corrected chi connectivity index (χ1v) is 6.97. The van der Waals surface area contributed by atoms with Crippen LogP contribution in [0, 0.1) is 19.8 Å². The lowest BCUT2D eigenvalue weighted by Crippen LogP contribution is -2.40. The number of ether oxygens (including phenoxy) is 1. The van der Waals surface area contributed by atoms with Gasteiger partial charge in [-0.1, -0.05) is 17.7 Å². The van der Waals surface area contributed by atoms with Gasteiger partial charge in [0.1, 0.15) is 0 Å². The summed E-state index contributed by atoms with van der Waals surface area (Å²) in [7, 11) is 1.41. The molecule has 0 N–H and O–H groups in total. The predicted molar refractivity (Wildman–Crippen MR) is 76.6 cm³/mol. The molecule has 20 heavy (non-hydrogen) atoms. The first-order valence-electron chi connectivity index (χ1n) is 6.97. The first kappa shape index (κ1) is 14.6. The van der Waals surface area contributed by atoms with Crippen molar-refractivity contribution in [1.29, 1.82) is 0 Å². The molecule has 1 fully saturated rings. The van der Waals surface area contributed by atoms with E-state index in [2.05, 4.69) is 0 Å². The minimum atomic E-state index is -0.163. The molecule has 0 atom stereocenters. The topological polar surface area (TPSA) is 46.6 Å². The molecule has 0 unspecified atom stereocenters. The molecule has 0 bridgehead atoms. The highest BCUT2D eigenvalue weighted by molar-refractivity contribution is 5.95. The van der Waals surface area contributed by atoms with Crippen LogP contribution in [0.3, 0.4) is 0 Å². The number of hydrogen-bond acceptors (Lipinski definition) is 3. The molecule has 1 amide bonds. The van der Waals surface area contributed by atoms with Crippen LogP contribution >= 0.6 is 0 Å². The van der Waals surface area contributed by atoms with Crippen LogP contribution in [0.4, 0.5) is 0 Å². The number of carbonyl (C=O) groups is 2. The van der Waals surface area contributed by atoms with Crippen LogP contribution in [0.5, 0.6) is 0 Å². The summed E-state index contributed by atoms with van der Waals surface area (Å²) >= 11 is 0. The smallest absolute Gasteiger partial charge is 0.308 e. The van der Waals surface area contributed by atoms with Gasteiger partial charge in [0, 0.05) is 18.7 Å². The summed E-state index contributed by atoms with van der Waals surface area (Å²) < 4.78 is 4.76. The van der Waals surface area contributed by atoms with Gasteiger partial charge in [-0.3, -0.25) is 9.59 Å². The number of carbonyl (C=O) groups excluding carboxylic acids is 2. The second-order valence-corrected chi connectivity index (χ2v) is 5.41. The summed E-state index contributed by atoms with van der Waals surface area (Å²) in [6, 6.07) is 5.87. The molecule has 1 aromatic rings. The number of esters is 1. The van der Waals surface area contributed by atoms with Crippen LogP contribution in [0.15, 0.2) is 18.2 Å². The predicted octanol–water partition coefficient (Wildman–Crippen LogP) is 2.33. The van der Waals surface area contributed by atoms with E-state index in [4.69, 9.17) is 4.74 Å². The number of rotatable bonds is 2. The van der Waals surface area contributed by atoms with Gasteiger partial charge in [-0.2, -0.15) is 0 Å². The summed E-state index contributed by atoms with van der Waals surface area (Å²) in [5.74, 6) is -0.169. The van der Waals surface area contributed by atoms with Crippen LogP contribution < -0.4 is 0 Å². The molecule has 0 aliphatic carbocycles. The van der Waals surface area contributed by atoms with Crippen molar-refractivity contribution in [2.75, 3.05) is 20.2 Å². The van der Waals surface area contributed by atoms with E-state index in [1.807, 2.05) is 36.9 Å². The maximum Gasteiger partial charge on any atom is 0.308 e. The number of aryl methyl sites for hydroxylation is 2. The van der Waals surface area contributed by atoms with Gasteiger partial charge in [-0.05, 0) is 38.3 Å². The minimum Gasteiger partial charge on any atom is -0.469 e. The van der Waals surface area contributed by atoms with Gasteiger partial charge in [0.15, 0.2) is 0 Å². The van der Waals surface area contributed by atoms with Crippen LogP contribution in [-0.2, 0) is 9.53 Å². The van der Waals surface area contributed by atoms with Crippen LogP contribution in [0.2, 0.25) is 0 Å². The largest absolute Gasteiger partial charge is 0.469 e. The average Bonchev–Trinajstić information content (AvgIpc) is 2.46. The lowest BCUT2D eigenvalue weighted by Gasteiger charge is -2.31. The number of amides is 1. The fraction of sp³-hybridized carbons (Fsp3) is 0.500. The average molecular weight is 275 g/mol.